The Morgan fingerprint density at radius 1 is 0.889 bits per heavy atom. The molecule has 0 aliphatic carbocycles. The van der Waals surface area contributed by atoms with Crippen molar-refractivity contribution in [2.24, 2.45) is 4.99 Å². The molecule has 0 fully saturated rings. The molecule has 4 aromatic rings. The SMILES string of the molecule is Brc1ccc(-c2nc3cc(N=CC=Cc4cccc(Br)c4)ccc3o2)cc1. The second-order valence-corrected chi connectivity index (χ2v) is 7.70. The number of nitrogens with zero attached hydrogens (tertiary/aromatic N) is 2. The van der Waals surface area contributed by atoms with Gasteiger partial charge in [0.15, 0.2) is 5.58 Å². The predicted molar refractivity (Wildman–Crippen MR) is 118 cm³/mol. The van der Waals surface area contributed by atoms with Crippen LogP contribution in [0.1, 0.15) is 5.56 Å². The molecule has 1 aromatic heterocycles. The van der Waals surface area contributed by atoms with Crippen LogP contribution >= 0.6 is 31.9 Å². The van der Waals surface area contributed by atoms with Crippen molar-refractivity contribution in [3.63, 3.8) is 0 Å². The standard InChI is InChI=1S/C22H14Br2N2O/c23-17-8-6-16(7-9-17)22-26-20-14-19(10-11-21(20)27-22)25-12-2-4-15-3-1-5-18(24)13-15/h1-14H. The van der Waals surface area contributed by atoms with Crippen LogP contribution in [0.5, 0.6) is 0 Å². The molecule has 0 aliphatic heterocycles. The molecule has 0 radical (unpaired) electrons. The minimum atomic E-state index is 0.605. The van der Waals surface area contributed by atoms with E-state index in [4.69, 9.17) is 4.42 Å². The number of rotatable bonds is 4. The average Bonchev–Trinajstić information content (AvgIpc) is 3.09. The third kappa shape index (κ3) is 4.43. The molecule has 0 saturated heterocycles. The van der Waals surface area contributed by atoms with E-state index in [2.05, 4.69) is 47.9 Å². The number of fused-ring (bicyclic) bond motifs is 1. The Morgan fingerprint density at radius 3 is 2.56 bits per heavy atom. The summed E-state index contributed by atoms with van der Waals surface area (Å²) < 4.78 is 7.93. The largest absolute Gasteiger partial charge is 0.436 e. The van der Waals surface area contributed by atoms with E-state index < -0.39 is 0 Å². The summed E-state index contributed by atoms with van der Waals surface area (Å²) in [6.07, 6.45) is 5.70. The summed E-state index contributed by atoms with van der Waals surface area (Å²) in [5, 5.41) is 0. The number of hydrogen-bond donors (Lipinski definition) is 0. The van der Waals surface area contributed by atoms with Crippen LogP contribution in [0.15, 0.2) is 91.2 Å². The van der Waals surface area contributed by atoms with E-state index >= 15 is 0 Å². The molecule has 0 aliphatic rings. The average molecular weight is 482 g/mol. The highest BCUT2D eigenvalue weighted by atomic mass is 79.9. The zero-order chi connectivity index (χ0) is 18.6. The van der Waals surface area contributed by atoms with Gasteiger partial charge in [0, 0.05) is 20.7 Å². The third-order valence-electron chi connectivity index (χ3n) is 3.91. The van der Waals surface area contributed by atoms with E-state index in [1.807, 2.05) is 72.8 Å². The molecule has 4 rings (SSSR count). The predicted octanol–water partition coefficient (Wildman–Crippen LogP) is 7.44. The van der Waals surface area contributed by atoms with Gasteiger partial charge in [-0.1, -0.05) is 50.1 Å². The van der Waals surface area contributed by atoms with E-state index in [9.17, 15) is 0 Å². The maximum atomic E-state index is 5.85. The van der Waals surface area contributed by atoms with Gasteiger partial charge in [0.1, 0.15) is 5.52 Å². The topological polar surface area (TPSA) is 38.4 Å². The summed E-state index contributed by atoms with van der Waals surface area (Å²) in [7, 11) is 0. The Morgan fingerprint density at radius 2 is 1.74 bits per heavy atom. The van der Waals surface area contributed by atoms with Crippen LogP contribution in [0, 0.1) is 0 Å². The number of halogens is 2. The van der Waals surface area contributed by atoms with Gasteiger partial charge in [-0.2, -0.15) is 0 Å². The molecule has 0 N–H and O–H groups in total. The second kappa shape index (κ2) is 8.03. The number of allylic oxidation sites excluding steroid dienone is 1. The first-order valence-corrected chi connectivity index (χ1v) is 9.89. The first kappa shape index (κ1) is 17.9. The first-order valence-electron chi connectivity index (χ1n) is 8.30. The van der Waals surface area contributed by atoms with Crippen molar-refractivity contribution in [3.8, 4) is 11.5 Å². The molecule has 0 amide bonds. The molecule has 0 spiro atoms. The minimum Gasteiger partial charge on any atom is -0.436 e. The van der Waals surface area contributed by atoms with Crippen LogP contribution in [0.2, 0.25) is 0 Å². The fourth-order valence-corrected chi connectivity index (χ4v) is 3.29. The van der Waals surface area contributed by atoms with Crippen molar-refractivity contribution < 1.29 is 4.42 Å². The van der Waals surface area contributed by atoms with Gasteiger partial charge in [0.25, 0.3) is 0 Å². The lowest BCUT2D eigenvalue weighted by Gasteiger charge is -1.94. The monoisotopic (exact) mass is 480 g/mol. The minimum absolute atomic E-state index is 0.605. The van der Waals surface area contributed by atoms with Gasteiger partial charge in [-0.05, 0) is 66.2 Å². The van der Waals surface area contributed by atoms with Crippen LogP contribution in [0.4, 0.5) is 5.69 Å². The van der Waals surface area contributed by atoms with Gasteiger partial charge in [-0.15, -0.1) is 0 Å². The molecule has 0 bridgehead atoms. The zero-order valence-electron chi connectivity index (χ0n) is 14.1. The summed E-state index contributed by atoms with van der Waals surface area (Å²) in [6.45, 7) is 0. The molecular weight excluding hydrogens is 468 g/mol. The maximum absolute atomic E-state index is 5.85. The molecule has 0 saturated carbocycles. The number of hydrogen-bond acceptors (Lipinski definition) is 3. The van der Waals surface area contributed by atoms with Crippen LogP contribution in [-0.2, 0) is 0 Å². The van der Waals surface area contributed by atoms with Gasteiger partial charge in [0.05, 0.1) is 5.69 Å². The Balaban J connectivity index is 1.53. The van der Waals surface area contributed by atoms with Crippen LogP contribution in [0.3, 0.4) is 0 Å². The quantitative estimate of drug-likeness (QED) is 0.284. The zero-order valence-corrected chi connectivity index (χ0v) is 17.3. The van der Waals surface area contributed by atoms with E-state index in [0.29, 0.717) is 5.89 Å². The third-order valence-corrected chi connectivity index (χ3v) is 4.93. The molecule has 3 nitrogen and oxygen atoms in total. The van der Waals surface area contributed by atoms with E-state index in [0.717, 1.165) is 36.9 Å². The van der Waals surface area contributed by atoms with Crippen molar-refractivity contribution in [2.45, 2.75) is 0 Å². The van der Waals surface area contributed by atoms with E-state index in [1.165, 1.54) is 0 Å². The molecule has 27 heavy (non-hydrogen) atoms. The maximum Gasteiger partial charge on any atom is 0.227 e. The van der Waals surface area contributed by atoms with Gasteiger partial charge in [0.2, 0.25) is 5.89 Å². The Bertz CT molecular complexity index is 1140. The highest BCUT2D eigenvalue weighted by Gasteiger charge is 2.08. The van der Waals surface area contributed by atoms with Crippen molar-refractivity contribution in [1.29, 1.82) is 0 Å². The molecular formula is C22H14Br2N2O. The van der Waals surface area contributed by atoms with Gasteiger partial charge in [-0.3, -0.25) is 4.99 Å². The Hall–Kier alpha value is -2.50. The fourth-order valence-electron chi connectivity index (χ4n) is 2.61. The highest BCUT2D eigenvalue weighted by molar-refractivity contribution is 9.10. The lowest BCUT2D eigenvalue weighted by atomic mass is 10.2. The van der Waals surface area contributed by atoms with Crippen molar-refractivity contribution >= 4 is 60.9 Å². The number of benzene rings is 3. The molecule has 132 valence electrons. The number of aromatic nitrogens is 1. The van der Waals surface area contributed by atoms with Gasteiger partial charge >= 0.3 is 0 Å². The summed E-state index contributed by atoms with van der Waals surface area (Å²) in [5.41, 5.74) is 4.42. The number of oxazole rings is 1. The van der Waals surface area contributed by atoms with Crippen LogP contribution in [0.25, 0.3) is 28.6 Å². The molecule has 1 heterocycles. The van der Waals surface area contributed by atoms with Crippen molar-refractivity contribution in [1.82, 2.24) is 4.98 Å². The van der Waals surface area contributed by atoms with Crippen LogP contribution < -0.4 is 0 Å². The second-order valence-electron chi connectivity index (χ2n) is 5.87. The molecule has 3 aromatic carbocycles. The van der Waals surface area contributed by atoms with E-state index in [1.54, 1.807) is 6.21 Å². The molecule has 0 atom stereocenters. The first-order chi connectivity index (χ1) is 13.2. The van der Waals surface area contributed by atoms with Crippen molar-refractivity contribution in [3.05, 3.63) is 87.3 Å². The summed E-state index contributed by atoms with van der Waals surface area (Å²) in [4.78, 5) is 9.06. The summed E-state index contributed by atoms with van der Waals surface area (Å²) >= 11 is 6.90. The van der Waals surface area contributed by atoms with Crippen LogP contribution in [-0.4, -0.2) is 11.2 Å². The molecule has 5 heteroatoms. The van der Waals surface area contributed by atoms with Crippen molar-refractivity contribution in [2.75, 3.05) is 0 Å². The highest BCUT2D eigenvalue weighted by Crippen LogP contribution is 2.27. The molecule has 0 unspecified atom stereocenters. The summed E-state index contributed by atoms with van der Waals surface area (Å²) in [6, 6.07) is 21.7. The summed E-state index contributed by atoms with van der Waals surface area (Å²) in [5.74, 6) is 0.605. The number of aliphatic imine (C=N–C) groups is 1. The van der Waals surface area contributed by atoms with E-state index in [-0.39, 0.29) is 0 Å². The fraction of sp³-hybridized carbons (Fsp3) is 0. The van der Waals surface area contributed by atoms with Gasteiger partial charge < -0.3 is 4.42 Å². The normalized spacial score (nSPS) is 11.8. The lowest BCUT2D eigenvalue weighted by Crippen LogP contribution is -1.76. The van der Waals surface area contributed by atoms with Gasteiger partial charge in [-0.25, -0.2) is 4.98 Å². The lowest BCUT2D eigenvalue weighted by molar-refractivity contribution is 0.620. The Kier molecular flexibility index (Phi) is 5.32. The Labute approximate surface area is 173 Å². The smallest absolute Gasteiger partial charge is 0.227 e.